The van der Waals surface area contributed by atoms with E-state index in [1.165, 1.54) is 12.1 Å². The van der Waals surface area contributed by atoms with E-state index < -0.39 is 16.7 Å². The van der Waals surface area contributed by atoms with Crippen LogP contribution in [0.4, 0.5) is 0 Å². The van der Waals surface area contributed by atoms with Crippen LogP contribution in [0.2, 0.25) is 0 Å². The summed E-state index contributed by atoms with van der Waals surface area (Å²) in [4.78, 5) is 0.152. The summed E-state index contributed by atoms with van der Waals surface area (Å²) >= 11 is 6.36. The maximum Gasteiger partial charge on any atom is 0.284 e. The van der Waals surface area contributed by atoms with Crippen LogP contribution in [-0.2, 0) is 10.0 Å². The molecule has 0 radical (unpaired) electrons. The summed E-state index contributed by atoms with van der Waals surface area (Å²) in [6.45, 7) is -2.72. The lowest BCUT2D eigenvalue weighted by Crippen LogP contribution is -2.18. The first-order chi connectivity index (χ1) is 8.20. The fourth-order valence-corrected chi connectivity index (χ4v) is 5.87. The Morgan fingerprint density at radius 1 is 1.06 bits per heavy atom. The molecule has 0 aliphatic heterocycles. The molecule has 18 heavy (non-hydrogen) atoms. The molecular weight excluding hydrogens is 293 g/mol. The molecule has 0 fully saturated rings. The highest BCUT2D eigenvalue weighted by molar-refractivity contribution is 7.99. The predicted molar refractivity (Wildman–Crippen MR) is 76.2 cm³/mol. The number of rotatable bonds is 4. The zero-order valence-corrected chi connectivity index (χ0v) is 13.2. The van der Waals surface area contributed by atoms with Gasteiger partial charge in [0.2, 0.25) is 6.71 Å². The van der Waals surface area contributed by atoms with Crippen LogP contribution >= 0.6 is 17.9 Å². The Morgan fingerprint density at radius 2 is 1.50 bits per heavy atom. The molecule has 0 amide bonds. The number of sulfonamides is 1. The van der Waals surface area contributed by atoms with Crippen LogP contribution in [0.15, 0.2) is 39.4 Å². The molecular formula is C10H17ClN3O2PS. The number of nitrogens with zero attached hydrogens (tertiary/aromatic N) is 3. The molecule has 5 nitrogen and oxygen atoms in total. The summed E-state index contributed by atoms with van der Waals surface area (Å²) in [5.74, 6) is 0. The van der Waals surface area contributed by atoms with Gasteiger partial charge in [0.15, 0.2) is 0 Å². The first-order valence-electron chi connectivity index (χ1n) is 5.19. The van der Waals surface area contributed by atoms with Gasteiger partial charge in [0.05, 0.1) is 4.90 Å². The van der Waals surface area contributed by atoms with E-state index in [-0.39, 0.29) is 4.90 Å². The lowest BCUT2D eigenvalue weighted by molar-refractivity contribution is 0.572. The standard InChI is InChI=1S/C10H17ClN3O2PS/c1-13(2)17(11,14(3)4)12-18(15,16)10-8-6-5-7-9-10/h5-9H,1-4H3. The third kappa shape index (κ3) is 3.33. The highest BCUT2D eigenvalue weighted by Gasteiger charge is 2.27. The first kappa shape index (κ1) is 15.7. The van der Waals surface area contributed by atoms with Gasteiger partial charge in [-0.3, -0.25) is 9.34 Å². The molecule has 0 aromatic heterocycles. The molecule has 0 bridgehead atoms. The Balaban J connectivity index is 3.39. The van der Waals surface area contributed by atoms with Gasteiger partial charge in [0.1, 0.15) is 0 Å². The third-order valence-corrected chi connectivity index (χ3v) is 9.23. The lowest BCUT2D eigenvalue weighted by atomic mass is 10.4. The highest BCUT2D eigenvalue weighted by atomic mass is 35.7. The minimum atomic E-state index is -3.75. The topological polar surface area (TPSA) is 53.0 Å². The Morgan fingerprint density at radius 3 is 1.89 bits per heavy atom. The van der Waals surface area contributed by atoms with Crippen molar-refractivity contribution in [3.05, 3.63) is 30.3 Å². The molecule has 0 heterocycles. The van der Waals surface area contributed by atoms with Crippen LogP contribution in [0.3, 0.4) is 0 Å². The van der Waals surface area contributed by atoms with Crippen molar-refractivity contribution in [1.29, 1.82) is 0 Å². The van der Waals surface area contributed by atoms with E-state index >= 15 is 0 Å². The van der Waals surface area contributed by atoms with Crippen molar-refractivity contribution in [1.82, 2.24) is 9.34 Å². The van der Waals surface area contributed by atoms with Crippen LogP contribution in [0.25, 0.3) is 0 Å². The second-order valence-corrected chi connectivity index (χ2v) is 10.1. The number of benzene rings is 1. The van der Waals surface area contributed by atoms with E-state index in [1.807, 2.05) is 0 Å². The van der Waals surface area contributed by atoms with E-state index in [9.17, 15) is 8.42 Å². The molecule has 1 aromatic carbocycles. The number of halogens is 1. The Labute approximate surface area is 113 Å². The van der Waals surface area contributed by atoms with Crippen LogP contribution in [0.5, 0.6) is 0 Å². The molecule has 0 aliphatic carbocycles. The van der Waals surface area contributed by atoms with Gasteiger partial charge in [0, 0.05) is 0 Å². The van der Waals surface area contributed by atoms with Crippen molar-refractivity contribution >= 4 is 28.0 Å². The molecule has 0 N–H and O–H groups in total. The van der Waals surface area contributed by atoms with Crippen molar-refractivity contribution < 1.29 is 8.42 Å². The average Bonchev–Trinajstić information content (AvgIpc) is 2.29. The monoisotopic (exact) mass is 309 g/mol. The molecule has 1 aromatic rings. The van der Waals surface area contributed by atoms with Crippen molar-refractivity contribution in [3.8, 4) is 0 Å². The molecule has 0 aliphatic rings. The van der Waals surface area contributed by atoms with Crippen molar-refractivity contribution in [2.75, 3.05) is 28.2 Å². The minimum Gasteiger partial charge on any atom is -0.251 e. The fraction of sp³-hybridized carbons (Fsp3) is 0.400. The Hall–Kier alpha value is -0.390. The smallest absolute Gasteiger partial charge is 0.251 e. The largest absolute Gasteiger partial charge is 0.284 e. The van der Waals surface area contributed by atoms with Gasteiger partial charge >= 0.3 is 0 Å². The van der Waals surface area contributed by atoms with Gasteiger partial charge in [-0.15, -0.1) is 4.15 Å². The van der Waals surface area contributed by atoms with Gasteiger partial charge in [-0.05, 0) is 51.6 Å². The normalized spacial score (nSPS) is 13.1. The summed E-state index contributed by atoms with van der Waals surface area (Å²) in [6, 6.07) is 8.07. The molecule has 0 saturated heterocycles. The van der Waals surface area contributed by atoms with Crippen molar-refractivity contribution in [2.24, 2.45) is 4.15 Å². The number of hydrogen-bond donors (Lipinski definition) is 0. The SMILES string of the molecule is CN(C)P(Cl)(=NS(=O)(=O)c1ccccc1)N(C)C. The van der Waals surface area contributed by atoms with Crippen LogP contribution in [0, 0.1) is 0 Å². The van der Waals surface area contributed by atoms with E-state index in [2.05, 4.69) is 4.15 Å². The minimum absolute atomic E-state index is 0.152. The van der Waals surface area contributed by atoms with Gasteiger partial charge < -0.3 is 0 Å². The second-order valence-electron chi connectivity index (χ2n) is 4.06. The predicted octanol–water partition coefficient (Wildman–Crippen LogP) is 2.68. The Bertz CT molecular complexity index is 546. The molecule has 102 valence electrons. The molecule has 0 unspecified atom stereocenters. The van der Waals surface area contributed by atoms with Crippen molar-refractivity contribution in [2.45, 2.75) is 4.90 Å². The van der Waals surface area contributed by atoms with Crippen LogP contribution in [0.1, 0.15) is 0 Å². The summed E-state index contributed by atoms with van der Waals surface area (Å²) < 4.78 is 31.5. The fourth-order valence-electron chi connectivity index (χ4n) is 1.28. The molecule has 8 heteroatoms. The van der Waals surface area contributed by atoms with Crippen LogP contribution < -0.4 is 0 Å². The third-order valence-electron chi connectivity index (χ3n) is 2.27. The van der Waals surface area contributed by atoms with E-state index in [0.717, 1.165) is 0 Å². The summed E-state index contributed by atoms with van der Waals surface area (Å²) in [5, 5.41) is 0. The van der Waals surface area contributed by atoms with Crippen molar-refractivity contribution in [3.63, 3.8) is 0 Å². The zero-order chi connectivity index (χ0) is 14.0. The molecule has 0 atom stereocenters. The van der Waals surface area contributed by atoms with Gasteiger partial charge in [-0.2, -0.15) is 8.42 Å². The quantitative estimate of drug-likeness (QED) is 0.802. The summed E-state index contributed by atoms with van der Waals surface area (Å²) in [7, 11) is 3.10. The van der Waals surface area contributed by atoms with E-state index in [4.69, 9.17) is 11.2 Å². The van der Waals surface area contributed by atoms with E-state index in [0.29, 0.717) is 0 Å². The number of hydrogen-bond acceptors (Lipinski definition) is 2. The lowest BCUT2D eigenvalue weighted by Gasteiger charge is -2.29. The van der Waals surface area contributed by atoms with Gasteiger partial charge in [0.25, 0.3) is 10.0 Å². The molecule has 0 saturated carbocycles. The molecule has 1 rings (SSSR count). The van der Waals surface area contributed by atoms with E-state index in [1.54, 1.807) is 55.7 Å². The zero-order valence-electron chi connectivity index (χ0n) is 10.8. The average molecular weight is 310 g/mol. The summed E-state index contributed by atoms with van der Waals surface area (Å²) in [5.41, 5.74) is 0. The Kier molecular flexibility index (Phi) is 4.98. The summed E-state index contributed by atoms with van der Waals surface area (Å²) in [6.07, 6.45) is 0. The first-order valence-corrected chi connectivity index (χ1v) is 9.18. The van der Waals surface area contributed by atoms with Gasteiger partial charge in [-0.1, -0.05) is 18.2 Å². The van der Waals surface area contributed by atoms with Crippen LogP contribution in [-0.4, -0.2) is 45.9 Å². The molecule has 0 spiro atoms. The maximum atomic E-state index is 12.2. The maximum absolute atomic E-state index is 12.2. The van der Waals surface area contributed by atoms with Gasteiger partial charge in [-0.25, -0.2) is 0 Å². The highest BCUT2D eigenvalue weighted by Crippen LogP contribution is 2.59. The second kappa shape index (κ2) is 5.72.